The van der Waals surface area contributed by atoms with E-state index in [0.29, 0.717) is 0 Å². The molecule has 2 amide bonds. The molecule has 1 rings (SSSR count). The van der Waals surface area contributed by atoms with Gasteiger partial charge in [-0.1, -0.05) is 13.8 Å². The van der Waals surface area contributed by atoms with Gasteiger partial charge in [-0.05, 0) is 12.8 Å². The maximum Gasteiger partial charge on any atom is 0.416 e. The van der Waals surface area contributed by atoms with Crippen LogP contribution in [0.1, 0.15) is 20.8 Å². The van der Waals surface area contributed by atoms with Crippen LogP contribution >= 0.6 is 0 Å². The molecule has 0 unspecified atom stereocenters. The highest BCUT2D eigenvalue weighted by molar-refractivity contribution is 5.94. The van der Waals surface area contributed by atoms with Crippen molar-refractivity contribution in [1.29, 1.82) is 0 Å². The zero-order valence-electron chi connectivity index (χ0n) is 9.44. The summed E-state index contributed by atoms with van der Waals surface area (Å²) in [5.41, 5.74) is 0. The quantitative estimate of drug-likeness (QED) is 0.750. The smallest absolute Gasteiger partial charge is 0.416 e. The molecule has 92 valence electrons. The molecule has 4 nitrogen and oxygen atoms in total. The largest absolute Gasteiger partial charge is 0.447 e. The average Bonchev–Trinajstić information content (AvgIpc) is 2.57. The van der Waals surface area contributed by atoms with Crippen molar-refractivity contribution >= 4 is 12.0 Å². The molecule has 16 heavy (non-hydrogen) atoms. The first-order valence-electron chi connectivity index (χ1n) is 5.14. The molecule has 2 atom stereocenters. The minimum absolute atomic E-state index is 0.0136. The van der Waals surface area contributed by atoms with Crippen molar-refractivity contribution in [3.63, 3.8) is 0 Å². The Kier molecular flexibility index (Phi) is 3.83. The van der Waals surface area contributed by atoms with E-state index in [4.69, 9.17) is 4.74 Å². The van der Waals surface area contributed by atoms with Gasteiger partial charge in [-0.3, -0.25) is 4.79 Å². The second kappa shape index (κ2) is 4.76. The van der Waals surface area contributed by atoms with E-state index in [1.807, 2.05) is 0 Å². The lowest BCUT2D eigenvalue weighted by Crippen LogP contribution is -2.45. The Bertz CT molecular complexity index is 294. The van der Waals surface area contributed by atoms with Crippen LogP contribution in [-0.2, 0) is 9.53 Å². The predicted octanol–water partition coefficient (Wildman–Crippen LogP) is 1.89. The number of hydrogen-bond acceptors (Lipinski definition) is 3. The van der Waals surface area contributed by atoms with Crippen LogP contribution in [0.15, 0.2) is 0 Å². The first kappa shape index (κ1) is 12.9. The second-order valence-corrected chi connectivity index (χ2v) is 4.22. The van der Waals surface area contributed by atoms with Crippen LogP contribution in [0.5, 0.6) is 0 Å². The number of carbonyl (C=O) groups is 2. The number of cyclic esters (lactones) is 1. The fourth-order valence-electron chi connectivity index (χ4n) is 1.51. The summed E-state index contributed by atoms with van der Waals surface area (Å²) in [6, 6.07) is -0.443. The van der Waals surface area contributed by atoms with Crippen molar-refractivity contribution in [3.05, 3.63) is 0 Å². The lowest BCUT2D eigenvalue weighted by Gasteiger charge is -2.24. The van der Waals surface area contributed by atoms with Crippen molar-refractivity contribution in [3.8, 4) is 0 Å². The number of carbonyl (C=O) groups excluding carboxylic acids is 2. The average molecular weight is 235 g/mol. The normalized spacial score (nSPS) is 22.8. The fraction of sp³-hybridized carbons (Fsp3) is 0.800. The summed E-state index contributed by atoms with van der Waals surface area (Å²) in [5.74, 6) is -2.36. The minimum atomic E-state index is -2.77. The molecule has 0 bridgehead atoms. The molecule has 1 aliphatic heterocycles. The molecule has 0 aromatic rings. The summed E-state index contributed by atoms with van der Waals surface area (Å²) < 4.78 is 29.5. The third-order valence-corrected chi connectivity index (χ3v) is 2.68. The van der Waals surface area contributed by atoms with Crippen molar-refractivity contribution in [1.82, 2.24) is 4.90 Å². The van der Waals surface area contributed by atoms with Crippen molar-refractivity contribution in [2.24, 2.45) is 11.8 Å². The Morgan fingerprint density at radius 2 is 2.00 bits per heavy atom. The number of halogens is 2. The highest BCUT2D eigenvalue weighted by Gasteiger charge is 2.42. The molecule has 0 N–H and O–H groups in total. The van der Waals surface area contributed by atoms with E-state index in [9.17, 15) is 18.4 Å². The third kappa shape index (κ3) is 2.31. The van der Waals surface area contributed by atoms with Crippen molar-refractivity contribution in [2.45, 2.75) is 33.2 Å². The van der Waals surface area contributed by atoms with E-state index in [1.165, 1.54) is 0 Å². The van der Waals surface area contributed by atoms with E-state index in [-0.39, 0.29) is 12.5 Å². The topological polar surface area (TPSA) is 46.6 Å². The van der Waals surface area contributed by atoms with Crippen LogP contribution in [0.4, 0.5) is 13.6 Å². The summed E-state index contributed by atoms with van der Waals surface area (Å²) in [6.45, 7) is 4.80. The van der Waals surface area contributed by atoms with E-state index >= 15 is 0 Å². The van der Waals surface area contributed by atoms with Crippen molar-refractivity contribution < 1.29 is 23.1 Å². The summed E-state index contributed by atoms with van der Waals surface area (Å²) in [4.78, 5) is 23.8. The minimum Gasteiger partial charge on any atom is -0.447 e. The molecule has 0 spiro atoms. The predicted molar refractivity (Wildman–Crippen MR) is 52.0 cm³/mol. The lowest BCUT2D eigenvalue weighted by molar-refractivity contribution is -0.138. The van der Waals surface area contributed by atoms with Crippen LogP contribution < -0.4 is 0 Å². The number of amides is 2. The van der Waals surface area contributed by atoms with Gasteiger partial charge in [0.1, 0.15) is 6.61 Å². The first-order valence-corrected chi connectivity index (χ1v) is 5.14. The molecule has 0 aromatic heterocycles. The van der Waals surface area contributed by atoms with Crippen LogP contribution in [0.2, 0.25) is 0 Å². The van der Waals surface area contributed by atoms with Gasteiger partial charge in [-0.15, -0.1) is 0 Å². The summed E-state index contributed by atoms with van der Waals surface area (Å²) in [5, 5.41) is 0. The highest BCUT2D eigenvalue weighted by atomic mass is 19.3. The number of imide groups is 1. The number of hydrogen-bond donors (Lipinski definition) is 0. The Labute approximate surface area is 92.5 Å². The third-order valence-electron chi connectivity index (χ3n) is 2.68. The molecule has 1 aliphatic rings. The molecule has 0 radical (unpaired) electrons. The Hall–Kier alpha value is -1.20. The second-order valence-electron chi connectivity index (χ2n) is 4.22. The molecule has 0 aromatic carbocycles. The summed E-state index contributed by atoms with van der Waals surface area (Å²) in [7, 11) is 0. The van der Waals surface area contributed by atoms with Gasteiger partial charge >= 0.3 is 6.09 Å². The highest BCUT2D eigenvalue weighted by Crippen LogP contribution is 2.23. The van der Waals surface area contributed by atoms with Gasteiger partial charge in [0.25, 0.3) is 0 Å². The van der Waals surface area contributed by atoms with Gasteiger partial charge in [-0.25, -0.2) is 18.5 Å². The van der Waals surface area contributed by atoms with Gasteiger partial charge in [0, 0.05) is 0 Å². The number of alkyl halides is 2. The monoisotopic (exact) mass is 235 g/mol. The zero-order chi connectivity index (χ0) is 12.5. The maximum absolute atomic E-state index is 12.4. The van der Waals surface area contributed by atoms with Gasteiger partial charge in [0.2, 0.25) is 12.3 Å². The molecule has 6 heteroatoms. The SMILES string of the molecule is CC(C)[C@H]1COC(=O)N1C(=O)[C@H](C)C(F)F. The van der Waals surface area contributed by atoms with Crippen LogP contribution in [0.3, 0.4) is 0 Å². The van der Waals surface area contributed by atoms with E-state index in [0.717, 1.165) is 11.8 Å². The number of nitrogens with zero attached hydrogens (tertiary/aromatic N) is 1. The van der Waals surface area contributed by atoms with E-state index in [2.05, 4.69) is 0 Å². The zero-order valence-corrected chi connectivity index (χ0v) is 9.44. The molecule has 1 fully saturated rings. The molecule has 1 saturated heterocycles. The van der Waals surface area contributed by atoms with E-state index < -0.39 is 30.4 Å². The Morgan fingerprint density at radius 3 is 2.44 bits per heavy atom. The van der Waals surface area contributed by atoms with E-state index in [1.54, 1.807) is 13.8 Å². The van der Waals surface area contributed by atoms with Gasteiger partial charge in [-0.2, -0.15) is 0 Å². The lowest BCUT2D eigenvalue weighted by atomic mass is 10.0. The van der Waals surface area contributed by atoms with Gasteiger partial charge in [0.05, 0.1) is 12.0 Å². The Balaban J connectivity index is 2.83. The standard InChI is InChI=1S/C10H15F2NO3/c1-5(2)7-4-16-10(15)13(7)9(14)6(3)8(11)12/h5-8H,4H2,1-3H3/t6-,7-/m1/s1. The first-order chi connectivity index (χ1) is 7.36. The Morgan fingerprint density at radius 1 is 1.44 bits per heavy atom. The fourth-order valence-corrected chi connectivity index (χ4v) is 1.51. The summed E-state index contributed by atoms with van der Waals surface area (Å²) >= 11 is 0. The molecule has 0 aliphatic carbocycles. The van der Waals surface area contributed by atoms with Gasteiger partial charge in [0.15, 0.2) is 0 Å². The van der Waals surface area contributed by atoms with Crippen LogP contribution in [0.25, 0.3) is 0 Å². The maximum atomic E-state index is 12.4. The van der Waals surface area contributed by atoms with Gasteiger partial charge < -0.3 is 4.74 Å². The van der Waals surface area contributed by atoms with Crippen molar-refractivity contribution in [2.75, 3.05) is 6.61 Å². The number of ether oxygens (including phenoxy) is 1. The molecule has 1 heterocycles. The molecular weight excluding hydrogens is 220 g/mol. The molecule has 0 saturated carbocycles. The molecular formula is C10H15F2NO3. The summed E-state index contributed by atoms with van der Waals surface area (Å²) in [6.07, 6.45) is -3.59. The number of rotatable bonds is 3. The van der Waals surface area contributed by atoms with Crippen LogP contribution in [0, 0.1) is 11.8 Å². The van der Waals surface area contributed by atoms with Crippen LogP contribution in [-0.4, -0.2) is 36.0 Å².